The Kier molecular flexibility index (Phi) is 2.55. The van der Waals surface area contributed by atoms with Crippen molar-refractivity contribution in [2.24, 2.45) is 0 Å². The second-order valence-electron chi connectivity index (χ2n) is 3.78. The minimum absolute atomic E-state index is 0.127. The van der Waals surface area contributed by atoms with Crippen molar-refractivity contribution in [3.05, 3.63) is 29.6 Å². The van der Waals surface area contributed by atoms with Crippen molar-refractivity contribution in [3.8, 4) is 0 Å². The van der Waals surface area contributed by atoms with Gasteiger partial charge in [0.2, 0.25) is 0 Å². The van der Waals surface area contributed by atoms with Crippen LogP contribution in [-0.2, 0) is 0 Å². The third-order valence-electron chi connectivity index (χ3n) is 2.40. The van der Waals surface area contributed by atoms with E-state index in [1.807, 2.05) is 0 Å². The number of H-pyrrole nitrogens is 1. The summed E-state index contributed by atoms with van der Waals surface area (Å²) >= 11 is 0. The Labute approximate surface area is 96.9 Å². The number of nitrogens with one attached hydrogen (secondary N) is 1. The molecule has 6 nitrogen and oxygen atoms in total. The van der Waals surface area contributed by atoms with Gasteiger partial charge in [0.05, 0.1) is 5.56 Å². The second kappa shape index (κ2) is 3.89. The third-order valence-corrected chi connectivity index (χ3v) is 2.40. The number of nitrogens with zero attached hydrogens (tertiary/aromatic N) is 2. The molecule has 2 heterocycles. The summed E-state index contributed by atoms with van der Waals surface area (Å²) in [6.45, 7) is 0. The first-order valence-corrected chi connectivity index (χ1v) is 4.94. The summed E-state index contributed by atoms with van der Waals surface area (Å²) < 4.78 is 0. The molecule has 2 rings (SSSR count). The lowest BCUT2D eigenvalue weighted by atomic mass is 10.1. The van der Waals surface area contributed by atoms with E-state index in [-0.39, 0.29) is 17.2 Å². The molecule has 0 saturated carbocycles. The van der Waals surface area contributed by atoms with Crippen molar-refractivity contribution in [1.29, 1.82) is 0 Å². The molecule has 0 aliphatic carbocycles. The Balaban J connectivity index is 2.77. The van der Waals surface area contributed by atoms with E-state index in [4.69, 9.17) is 5.11 Å². The lowest BCUT2D eigenvalue weighted by Gasteiger charge is -2.09. The van der Waals surface area contributed by atoms with E-state index >= 15 is 0 Å². The Hall–Kier alpha value is -2.37. The van der Waals surface area contributed by atoms with E-state index in [9.17, 15) is 9.59 Å². The topological polar surface area (TPSA) is 86.3 Å². The lowest BCUT2D eigenvalue weighted by Crippen LogP contribution is -2.23. The van der Waals surface area contributed by atoms with E-state index in [2.05, 4.69) is 9.97 Å². The molecular formula is C11H11N3O3. The number of rotatable bonds is 2. The number of aromatic amines is 1. The fourth-order valence-corrected chi connectivity index (χ4v) is 1.63. The van der Waals surface area contributed by atoms with Crippen molar-refractivity contribution < 1.29 is 14.7 Å². The molecule has 0 spiro atoms. The zero-order valence-corrected chi connectivity index (χ0v) is 9.39. The van der Waals surface area contributed by atoms with Gasteiger partial charge in [-0.2, -0.15) is 0 Å². The van der Waals surface area contributed by atoms with E-state index in [0.29, 0.717) is 11.0 Å². The number of aromatic carboxylic acids is 1. The zero-order chi connectivity index (χ0) is 12.6. The predicted octanol–water partition coefficient (Wildman–Crippen LogP) is 0.963. The molecule has 2 aromatic heterocycles. The first-order valence-electron chi connectivity index (χ1n) is 4.94. The van der Waals surface area contributed by atoms with Gasteiger partial charge in [-0.1, -0.05) is 0 Å². The van der Waals surface area contributed by atoms with Crippen LogP contribution >= 0.6 is 0 Å². The Morgan fingerprint density at radius 1 is 1.41 bits per heavy atom. The average Bonchev–Trinajstić information content (AvgIpc) is 2.67. The summed E-state index contributed by atoms with van der Waals surface area (Å²) in [5.41, 5.74) is 0.415. The maximum Gasteiger partial charge on any atom is 0.353 e. The summed E-state index contributed by atoms with van der Waals surface area (Å²) in [5, 5.41) is 9.58. The summed E-state index contributed by atoms with van der Waals surface area (Å²) in [6.07, 6.45) is 1.54. The maximum absolute atomic E-state index is 12.0. The molecule has 2 N–H and O–H groups in total. The zero-order valence-electron chi connectivity index (χ0n) is 9.39. The van der Waals surface area contributed by atoms with Crippen LogP contribution in [0.4, 0.5) is 0 Å². The number of aromatic nitrogens is 2. The number of carbonyl (C=O) groups is 2. The van der Waals surface area contributed by atoms with Crippen LogP contribution < -0.4 is 0 Å². The predicted molar refractivity (Wildman–Crippen MR) is 61.1 cm³/mol. The number of carboxylic acids is 1. The first-order chi connectivity index (χ1) is 8.02. The van der Waals surface area contributed by atoms with E-state index < -0.39 is 5.97 Å². The Morgan fingerprint density at radius 2 is 2.12 bits per heavy atom. The molecule has 0 aliphatic rings. The van der Waals surface area contributed by atoms with Gasteiger partial charge in [-0.15, -0.1) is 0 Å². The van der Waals surface area contributed by atoms with Crippen molar-refractivity contribution in [2.45, 2.75) is 0 Å². The molecular weight excluding hydrogens is 222 g/mol. The number of carboxylic acid groups (broad SMARTS) is 1. The Morgan fingerprint density at radius 3 is 2.71 bits per heavy atom. The number of pyridine rings is 1. The number of hydrogen-bond acceptors (Lipinski definition) is 3. The van der Waals surface area contributed by atoms with Gasteiger partial charge in [0.1, 0.15) is 11.3 Å². The van der Waals surface area contributed by atoms with Crippen molar-refractivity contribution >= 4 is 22.9 Å². The summed E-state index contributed by atoms with van der Waals surface area (Å²) in [6, 6.07) is 3.33. The second-order valence-corrected chi connectivity index (χ2v) is 3.78. The van der Waals surface area contributed by atoms with E-state index in [0.717, 1.165) is 0 Å². The van der Waals surface area contributed by atoms with Gasteiger partial charge in [0.15, 0.2) is 0 Å². The summed E-state index contributed by atoms with van der Waals surface area (Å²) in [4.78, 5) is 31.0. The van der Waals surface area contributed by atoms with Crippen molar-refractivity contribution in [3.63, 3.8) is 0 Å². The van der Waals surface area contributed by atoms with Gasteiger partial charge < -0.3 is 15.0 Å². The molecule has 0 radical (unpaired) electrons. The molecule has 0 unspecified atom stereocenters. The summed E-state index contributed by atoms with van der Waals surface area (Å²) in [5.74, 6) is -1.53. The Bertz CT molecular complexity index is 601. The average molecular weight is 233 g/mol. The van der Waals surface area contributed by atoms with Crippen LogP contribution in [0.3, 0.4) is 0 Å². The minimum atomic E-state index is -1.17. The fourth-order valence-electron chi connectivity index (χ4n) is 1.63. The summed E-state index contributed by atoms with van der Waals surface area (Å²) in [7, 11) is 3.15. The van der Waals surface area contributed by atoms with E-state index in [1.54, 1.807) is 26.2 Å². The van der Waals surface area contributed by atoms with Crippen LogP contribution in [-0.4, -0.2) is 45.9 Å². The van der Waals surface area contributed by atoms with Gasteiger partial charge in [-0.05, 0) is 12.1 Å². The van der Waals surface area contributed by atoms with Crippen molar-refractivity contribution in [1.82, 2.24) is 14.9 Å². The molecule has 0 atom stereocenters. The molecule has 0 bridgehead atoms. The van der Waals surface area contributed by atoms with Crippen LogP contribution in [0.25, 0.3) is 11.0 Å². The molecule has 0 aromatic carbocycles. The van der Waals surface area contributed by atoms with Crippen LogP contribution in [0, 0.1) is 0 Å². The maximum atomic E-state index is 12.0. The number of fused-ring (bicyclic) bond motifs is 1. The van der Waals surface area contributed by atoms with Crippen LogP contribution in [0.15, 0.2) is 18.3 Å². The monoisotopic (exact) mass is 233 g/mol. The normalized spacial score (nSPS) is 10.5. The number of amides is 1. The highest BCUT2D eigenvalue weighted by Gasteiger charge is 2.24. The molecule has 1 amide bonds. The molecule has 88 valence electrons. The SMILES string of the molecule is CN(C)C(=O)c1c(C(=O)O)[nH]c2ncccc12. The molecule has 0 saturated heterocycles. The highest BCUT2D eigenvalue weighted by atomic mass is 16.4. The highest BCUT2D eigenvalue weighted by molar-refractivity contribution is 6.13. The third kappa shape index (κ3) is 1.73. The first kappa shape index (κ1) is 11.1. The minimum Gasteiger partial charge on any atom is -0.477 e. The van der Waals surface area contributed by atoms with Gasteiger partial charge in [-0.3, -0.25) is 4.79 Å². The lowest BCUT2D eigenvalue weighted by molar-refractivity contribution is 0.0680. The van der Waals surface area contributed by atoms with Crippen LogP contribution in [0.5, 0.6) is 0 Å². The van der Waals surface area contributed by atoms with Gasteiger partial charge in [0, 0.05) is 25.7 Å². The van der Waals surface area contributed by atoms with E-state index in [1.165, 1.54) is 11.1 Å². The smallest absolute Gasteiger partial charge is 0.353 e. The fraction of sp³-hybridized carbons (Fsp3) is 0.182. The highest BCUT2D eigenvalue weighted by Crippen LogP contribution is 2.21. The van der Waals surface area contributed by atoms with Gasteiger partial charge in [0.25, 0.3) is 5.91 Å². The molecule has 0 aliphatic heterocycles. The quantitative estimate of drug-likeness (QED) is 0.809. The molecule has 6 heteroatoms. The van der Waals surface area contributed by atoms with Crippen LogP contribution in [0.1, 0.15) is 20.8 Å². The van der Waals surface area contributed by atoms with Gasteiger partial charge in [-0.25, -0.2) is 9.78 Å². The van der Waals surface area contributed by atoms with Gasteiger partial charge >= 0.3 is 5.97 Å². The number of carbonyl (C=O) groups excluding carboxylic acids is 1. The number of hydrogen-bond donors (Lipinski definition) is 2. The molecule has 17 heavy (non-hydrogen) atoms. The largest absolute Gasteiger partial charge is 0.477 e. The van der Waals surface area contributed by atoms with Crippen LogP contribution in [0.2, 0.25) is 0 Å². The molecule has 0 fully saturated rings. The molecule has 2 aromatic rings. The standard InChI is InChI=1S/C11H11N3O3/c1-14(2)10(15)7-6-4-3-5-12-9(6)13-8(7)11(16)17/h3-5H,1-2H3,(H,12,13)(H,16,17). The van der Waals surface area contributed by atoms with Crippen molar-refractivity contribution in [2.75, 3.05) is 14.1 Å².